The van der Waals surface area contributed by atoms with Gasteiger partial charge in [0.1, 0.15) is 11.3 Å². The molecule has 0 saturated carbocycles. The molecular weight excluding hydrogens is 406 g/mol. The molecule has 0 aliphatic carbocycles. The van der Waals surface area contributed by atoms with Gasteiger partial charge in [0.15, 0.2) is 6.04 Å². The van der Waals surface area contributed by atoms with Gasteiger partial charge in [0.25, 0.3) is 0 Å². The molecule has 1 saturated heterocycles. The topological polar surface area (TPSA) is 89.4 Å². The van der Waals surface area contributed by atoms with E-state index in [0.717, 1.165) is 36.2 Å². The lowest BCUT2D eigenvalue weighted by Gasteiger charge is -2.33. The van der Waals surface area contributed by atoms with E-state index in [4.69, 9.17) is 4.74 Å². The van der Waals surface area contributed by atoms with Crippen LogP contribution in [0.2, 0.25) is 0 Å². The number of pyridine rings is 1. The average Bonchev–Trinajstić information content (AvgIpc) is 3.13. The molecule has 2 amide bonds. The molecule has 8 heteroatoms. The fourth-order valence-corrected chi connectivity index (χ4v) is 4.27. The molecule has 3 aromatic rings. The van der Waals surface area contributed by atoms with Crippen LogP contribution in [0.4, 0.5) is 4.79 Å². The zero-order chi connectivity index (χ0) is 22.5. The summed E-state index contributed by atoms with van der Waals surface area (Å²) in [7, 11) is 0. The first-order valence-electron chi connectivity index (χ1n) is 11.1. The Kier molecular flexibility index (Phi) is 6.68. The number of imidazole rings is 1. The fraction of sp³-hybridized carbons (Fsp3) is 0.417. The van der Waals surface area contributed by atoms with Crippen LogP contribution in [0.5, 0.6) is 0 Å². The van der Waals surface area contributed by atoms with Crippen molar-refractivity contribution in [2.24, 2.45) is 5.92 Å². The van der Waals surface area contributed by atoms with Crippen LogP contribution in [0.25, 0.3) is 11.0 Å². The number of ether oxygens (including phenoxy) is 1. The van der Waals surface area contributed by atoms with E-state index in [1.165, 1.54) is 0 Å². The van der Waals surface area contributed by atoms with Gasteiger partial charge in [-0.1, -0.05) is 30.3 Å². The second-order valence-corrected chi connectivity index (χ2v) is 8.11. The number of aryl methyl sites for hydroxylation is 1. The van der Waals surface area contributed by atoms with Crippen LogP contribution in [0.1, 0.15) is 37.2 Å². The van der Waals surface area contributed by atoms with Crippen LogP contribution in [0.3, 0.4) is 0 Å². The van der Waals surface area contributed by atoms with Gasteiger partial charge in [-0.15, -0.1) is 0 Å². The lowest BCUT2D eigenvalue weighted by Crippen LogP contribution is -2.47. The molecule has 3 heterocycles. The van der Waals surface area contributed by atoms with Crippen molar-refractivity contribution in [3.63, 3.8) is 0 Å². The van der Waals surface area contributed by atoms with E-state index >= 15 is 0 Å². The first-order valence-corrected chi connectivity index (χ1v) is 11.1. The second kappa shape index (κ2) is 9.80. The van der Waals surface area contributed by atoms with E-state index in [0.29, 0.717) is 24.6 Å². The predicted octanol–water partition coefficient (Wildman–Crippen LogP) is 3.47. The van der Waals surface area contributed by atoms with Crippen LogP contribution in [0.15, 0.2) is 48.8 Å². The molecule has 4 rings (SSSR count). The van der Waals surface area contributed by atoms with Crippen molar-refractivity contribution in [2.75, 3.05) is 19.7 Å². The van der Waals surface area contributed by atoms with Crippen molar-refractivity contribution in [1.29, 1.82) is 0 Å². The minimum Gasteiger partial charge on any atom is -0.464 e. The summed E-state index contributed by atoms with van der Waals surface area (Å²) >= 11 is 0. The van der Waals surface area contributed by atoms with Gasteiger partial charge in [0, 0.05) is 25.8 Å². The zero-order valence-electron chi connectivity index (χ0n) is 18.5. The number of carbonyl (C=O) groups excluding carboxylic acids is 2. The summed E-state index contributed by atoms with van der Waals surface area (Å²) in [6.07, 6.45) is 5.37. The number of likely N-dealkylation sites (tertiary alicyclic amines) is 1. The molecule has 0 bridgehead atoms. The smallest absolute Gasteiger partial charge is 0.333 e. The largest absolute Gasteiger partial charge is 0.464 e. The highest BCUT2D eigenvalue weighted by Gasteiger charge is 2.29. The number of hydrogen-bond acceptors (Lipinski definition) is 5. The van der Waals surface area contributed by atoms with Crippen LogP contribution < -0.4 is 5.32 Å². The number of urea groups is 1. The van der Waals surface area contributed by atoms with Gasteiger partial charge >= 0.3 is 12.0 Å². The van der Waals surface area contributed by atoms with Gasteiger partial charge in [-0.2, -0.15) is 0 Å². The maximum atomic E-state index is 12.9. The third-order valence-corrected chi connectivity index (χ3v) is 6.01. The number of amides is 2. The van der Waals surface area contributed by atoms with Gasteiger partial charge in [-0.25, -0.2) is 14.6 Å². The third kappa shape index (κ3) is 4.74. The highest BCUT2D eigenvalue weighted by atomic mass is 16.5. The summed E-state index contributed by atoms with van der Waals surface area (Å²) in [6, 6.07) is 10.2. The molecule has 1 N–H and O–H groups in total. The van der Waals surface area contributed by atoms with E-state index in [1.807, 2.05) is 43.3 Å². The van der Waals surface area contributed by atoms with Crippen LogP contribution >= 0.6 is 0 Å². The van der Waals surface area contributed by atoms with E-state index < -0.39 is 12.0 Å². The molecule has 1 aliphatic heterocycles. The summed E-state index contributed by atoms with van der Waals surface area (Å²) in [4.78, 5) is 35.9. The van der Waals surface area contributed by atoms with Crippen molar-refractivity contribution in [2.45, 2.75) is 39.3 Å². The van der Waals surface area contributed by atoms with Crippen LogP contribution in [0, 0.1) is 12.8 Å². The third-order valence-electron chi connectivity index (χ3n) is 6.01. The number of nitrogens with one attached hydrogen (secondary N) is 1. The van der Waals surface area contributed by atoms with Gasteiger partial charge < -0.3 is 19.5 Å². The van der Waals surface area contributed by atoms with Crippen molar-refractivity contribution in [3.8, 4) is 0 Å². The molecular formula is C24H29N5O3. The number of benzene rings is 1. The Morgan fingerprint density at radius 1 is 1.19 bits per heavy atom. The number of rotatable bonds is 6. The first kappa shape index (κ1) is 21.8. The lowest BCUT2D eigenvalue weighted by molar-refractivity contribution is -0.145. The Labute approximate surface area is 187 Å². The van der Waals surface area contributed by atoms with Crippen molar-refractivity contribution in [1.82, 2.24) is 24.8 Å². The van der Waals surface area contributed by atoms with Crippen LogP contribution in [-0.2, 0) is 16.1 Å². The Morgan fingerprint density at radius 3 is 2.66 bits per heavy atom. The Balaban J connectivity index is 1.37. The fourth-order valence-electron chi connectivity index (χ4n) is 4.27. The normalized spacial score (nSPS) is 15.5. The van der Waals surface area contributed by atoms with Gasteiger partial charge in [0.05, 0.1) is 18.3 Å². The summed E-state index contributed by atoms with van der Waals surface area (Å²) in [5.41, 5.74) is 2.72. The standard InChI is InChI=1S/C24H29N5O3/c1-3-32-23(30)22(19-7-5-4-6-8-19)27-24(31)28-13-10-18(11-14-28)16-29-17(2)26-20-15-25-12-9-21(20)29/h4-9,12,15,18,22H,3,10-11,13-14,16H2,1-2H3,(H,27,31). The number of nitrogens with zero attached hydrogens (tertiary/aromatic N) is 4. The maximum Gasteiger partial charge on any atom is 0.333 e. The van der Waals surface area contributed by atoms with E-state index in [-0.39, 0.29) is 12.6 Å². The molecule has 0 spiro atoms. The highest BCUT2D eigenvalue weighted by molar-refractivity contribution is 5.84. The summed E-state index contributed by atoms with van der Waals surface area (Å²) in [5.74, 6) is 0.991. The first-order chi connectivity index (χ1) is 15.6. The molecule has 32 heavy (non-hydrogen) atoms. The Morgan fingerprint density at radius 2 is 1.94 bits per heavy atom. The summed E-state index contributed by atoms with van der Waals surface area (Å²) < 4.78 is 7.42. The molecule has 1 aliphatic rings. The summed E-state index contributed by atoms with van der Waals surface area (Å²) in [5, 5.41) is 2.87. The monoisotopic (exact) mass is 435 g/mol. The Hall–Kier alpha value is -3.42. The minimum absolute atomic E-state index is 0.235. The van der Waals surface area contributed by atoms with Gasteiger partial charge in [-0.05, 0) is 44.2 Å². The maximum absolute atomic E-state index is 12.9. The lowest BCUT2D eigenvalue weighted by atomic mass is 9.96. The van der Waals surface area contributed by atoms with E-state index in [9.17, 15) is 9.59 Å². The summed E-state index contributed by atoms with van der Waals surface area (Å²) in [6.45, 7) is 6.21. The molecule has 1 unspecified atom stereocenters. The SMILES string of the molecule is CCOC(=O)C(NC(=O)N1CCC(Cn2c(C)nc3cnccc32)CC1)c1ccccc1. The number of aromatic nitrogens is 3. The van der Waals surface area contributed by atoms with Gasteiger partial charge in [0.2, 0.25) is 0 Å². The molecule has 1 atom stereocenters. The number of piperidine rings is 1. The number of carbonyl (C=O) groups is 2. The number of hydrogen-bond donors (Lipinski definition) is 1. The van der Waals surface area contributed by atoms with E-state index in [2.05, 4.69) is 19.9 Å². The molecule has 1 fully saturated rings. The highest BCUT2D eigenvalue weighted by Crippen LogP contribution is 2.24. The number of fused-ring (bicyclic) bond motifs is 1. The molecule has 2 aromatic heterocycles. The molecule has 0 radical (unpaired) electrons. The predicted molar refractivity (Wildman–Crippen MR) is 121 cm³/mol. The molecule has 168 valence electrons. The van der Waals surface area contributed by atoms with Crippen molar-refractivity contribution >= 4 is 23.0 Å². The van der Waals surface area contributed by atoms with Crippen molar-refractivity contribution in [3.05, 3.63) is 60.2 Å². The quantitative estimate of drug-likeness (QED) is 0.599. The zero-order valence-corrected chi connectivity index (χ0v) is 18.5. The molecule has 8 nitrogen and oxygen atoms in total. The second-order valence-electron chi connectivity index (χ2n) is 8.11. The van der Waals surface area contributed by atoms with Gasteiger partial charge in [-0.3, -0.25) is 4.98 Å². The average molecular weight is 436 g/mol. The van der Waals surface area contributed by atoms with Crippen molar-refractivity contribution < 1.29 is 14.3 Å². The number of esters is 1. The minimum atomic E-state index is -0.810. The van der Waals surface area contributed by atoms with E-state index in [1.54, 1.807) is 24.2 Å². The Bertz CT molecular complexity index is 1070. The molecule has 1 aromatic carbocycles. The van der Waals surface area contributed by atoms with Crippen LogP contribution in [-0.4, -0.2) is 51.1 Å².